The first-order chi connectivity index (χ1) is 9.71. The Bertz CT molecular complexity index is 501. The molecule has 0 spiro atoms. The molecule has 1 saturated heterocycles. The predicted octanol–water partition coefficient (Wildman–Crippen LogP) is 3.83. The van der Waals surface area contributed by atoms with Crippen molar-refractivity contribution in [2.45, 2.75) is 77.4 Å². The summed E-state index contributed by atoms with van der Waals surface area (Å²) in [7, 11) is 0. The molecule has 1 aromatic heterocycles. The number of carbonyl (C=O) groups excluding carboxylic acids is 1. The quantitative estimate of drug-likeness (QED) is 0.902. The van der Waals surface area contributed by atoms with Gasteiger partial charge >= 0.3 is 0 Å². The molecule has 1 fully saturated rings. The fraction of sp³-hybridized carbons (Fsp3) is 0.706. The smallest absolute Gasteiger partial charge is 0.223 e. The molecule has 3 nitrogen and oxygen atoms in total. The van der Waals surface area contributed by atoms with E-state index >= 15 is 0 Å². The molecule has 1 aromatic rings. The van der Waals surface area contributed by atoms with Crippen molar-refractivity contribution in [1.82, 2.24) is 4.90 Å². The summed E-state index contributed by atoms with van der Waals surface area (Å²) in [4.78, 5) is 17.1. The highest BCUT2D eigenvalue weighted by Crippen LogP contribution is 2.38. The van der Waals surface area contributed by atoms with Gasteiger partial charge in [0.2, 0.25) is 5.91 Å². The lowest BCUT2D eigenvalue weighted by molar-refractivity contribution is -0.135. The number of nitrogens with zero attached hydrogens (tertiary/aromatic N) is 1. The second-order valence-corrected chi connectivity index (χ2v) is 8.46. The van der Waals surface area contributed by atoms with Crippen molar-refractivity contribution in [3.05, 3.63) is 21.9 Å². The maximum absolute atomic E-state index is 12.5. The van der Waals surface area contributed by atoms with E-state index in [9.17, 15) is 4.79 Å². The number of hydrogen-bond acceptors (Lipinski definition) is 3. The van der Waals surface area contributed by atoms with E-state index in [-0.39, 0.29) is 29.4 Å². The van der Waals surface area contributed by atoms with Gasteiger partial charge in [-0.1, -0.05) is 20.8 Å². The SMILES string of the molecule is CC(C)N1C(=O)CCCC(N)C1c1ccc(C(C)(C)C)s1. The van der Waals surface area contributed by atoms with Gasteiger partial charge in [-0.3, -0.25) is 4.79 Å². The van der Waals surface area contributed by atoms with Crippen LogP contribution in [-0.2, 0) is 10.2 Å². The standard InChI is InChI=1S/C17H28N2OS/c1-11(2)19-15(20)8-6-7-12(18)16(19)13-9-10-14(21-13)17(3,4)5/h9-12,16H,6-8,18H2,1-5H3. The molecule has 0 radical (unpaired) electrons. The third-order valence-electron chi connectivity index (χ3n) is 4.14. The Hall–Kier alpha value is -0.870. The summed E-state index contributed by atoms with van der Waals surface area (Å²) in [6, 6.07) is 4.61. The van der Waals surface area contributed by atoms with Crippen LogP contribution in [0.4, 0.5) is 0 Å². The van der Waals surface area contributed by atoms with Crippen LogP contribution >= 0.6 is 11.3 Å². The van der Waals surface area contributed by atoms with E-state index in [1.165, 1.54) is 9.75 Å². The van der Waals surface area contributed by atoms with Gasteiger partial charge in [0.15, 0.2) is 0 Å². The van der Waals surface area contributed by atoms with Crippen molar-refractivity contribution in [1.29, 1.82) is 0 Å². The molecule has 4 heteroatoms. The van der Waals surface area contributed by atoms with E-state index in [1.54, 1.807) is 0 Å². The van der Waals surface area contributed by atoms with Gasteiger partial charge in [0.25, 0.3) is 0 Å². The van der Waals surface area contributed by atoms with Crippen molar-refractivity contribution in [2.75, 3.05) is 0 Å². The van der Waals surface area contributed by atoms with Crippen LogP contribution in [0.2, 0.25) is 0 Å². The lowest BCUT2D eigenvalue weighted by atomic mass is 9.95. The highest BCUT2D eigenvalue weighted by molar-refractivity contribution is 7.12. The lowest BCUT2D eigenvalue weighted by Crippen LogP contribution is -2.45. The highest BCUT2D eigenvalue weighted by Gasteiger charge is 2.35. The van der Waals surface area contributed by atoms with Crippen LogP contribution in [0.15, 0.2) is 12.1 Å². The molecule has 2 N–H and O–H groups in total. The van der Waals surface area contributed by atoms with Crippen LogP contribution in [0.25, 0.3) is 0 Å². The number of amides is 1. The predicted molar refractivity (Wildman–Crippen MR) is 89.6 cm³/mol. The number of likely N-dealkylation sites (tertiary alicyclic amines) is 1. The molecule has 0 aromatic carbocycles. The Morgan fingerprint density at radius 1 is 1.33 bits per heavy atom. The van der Waals surface area contributed by atoms with Gasteiger partial charge in [0.05, 0.1) is 6.04 Å². The van der Waals surface area contributed by atoms with Crippen molar-refractivity contribution >= 4 is 17.2 Å². The molecule has 1 aliphatic rings. The molecule has 2 atom stereocenters. The van der Waals surface area contributed by atoms with Crippen LogP contribution < -0.4 is 5.73 Å². The Kier molecular flexibility index (Phi) is 4.79. The maximum atomic E-state index is 12.5. The first-order valence-corrected chi connectivity index (χ1v) is 8.70. The van der Waals surface area contributed by atoms with E-state index in [0.29, 0.717) is 6.42 Å². The summed E-state index contributed by atoms with van der Waals surface area (Å²) in [6.45, 7) is 10.8. The van der Waals surface area contributed by atoms with Crippen LogP contribution in [-0.4, -0.2) is 22.9 Å². The zero-order valence-corrected chi connectivity index (χ0v) is 14.7. The molecular weight excluding hydrogens is 280 g/mol. The molecule has 0 saturated carbocycles. The number of thiophene rings is 1. The van der Waals surface area contributed by atoms with Gasteiger partial charge in [-0.25, -0.2) is 0 Å². The van der Waals surface area contributed by atoms with Crippen molar-refractivity contribution in [3.63, 3.8) is 0 Å². The van der Waals surface area contributed by atoms with E-state index in [4.69, 9.17) is 5.73 Å². The molecule has 0 bridgehead atoms. The Morgan fingerprint density at radius 2 is 2.00 bits per heavy atom. The molecule has 1 amide bonds. The summed E-state index contributed by atoms with van der Waals surface area (Å²) in [5.74, 6) is 0.244. The first kappa shape index (κ1) is 16.5. The van der Waals surface area contributed by atoms with Crippen LogP contribution in [0.5, 0.6) is 0 Å². The van der Waals surface area contributed by atoms with Crippen molar-refractivity contribution in [3.8, 4) is 0 Å². The zero-order valence-electron chi connectivity index (χ0n) is 13.8. The van der Waals surface area contributed by atoms with Crippen molar-refractivity contribution in [2.24, 2.45) is 5.73 Å². The van der Waals surface area contributed by atoms with Crippen molar-refractivity contribution < 1.29 is 4.79 Å². The zero-order chi connectivity index (χ0) is 15.8. The molecule has 118 valence electrons. The Labute approximate surface area is 132 Å². The van der Waals surface area contributed by atoms with Gasteiger partial charge in [-0.15, -0.1) is 11.3 Å². The molecule has 0 aliphatic carbocycles. The minimum absolute atomic E-state index is 0.0288. The topological polar surface area (TPSA) is 46.3 Å². The van der Waals surface area contributed by atoms with Crippen LogP contribution in [0, 0.1) is 0 Å². The molecule has 21 heavy (non-hydrogen) atoms. The summed E-state index contributed by atoms with van der Waals surface area (Å²) < 4.78 is 0. The Morgan fingerprint density at radius 3 is 2.52 bits per heavy atom. The third-order valence-corrected chi connectivity index (χ3v) is 5.72. The number of hydrogen-bond donors (Lipinski definition) is 1. The lowest BCUT2D eigenvalue weighted by Gasteiger charge is -2.36. The molecule has 2 unspecified atom stereocenters. The number of carbonyl (C=O) groups is 1. The van der Waals surface area contributed by atoms with Gasteiger partial charge in [-0.05, 0) is 44.2 Å². The maximum Gasteiger partial charge on any atom is 0.223 e. The minimum Gasteiger partial charge on any atom is -0.331 e. The monoisotopic (exact) mass is 308 g/mol. The summed E-state index contributed by atoms with van der Waals surface area (Å²) >= 11 is 1.81. The highest BCUT2D eigenvalue weighted by atomic mass is 32.1. The van der Waals surface area contributed by atoms with Crippen LogP contribution in [0.1, 0.15) is 69.7 Å². The average Bonchev–Trinajstić information content (AvgIpc) is 2.78. The normalized spacial score (nSPS) is 24.5. The fourth-order valence-corrected chi connectivity index (χ4v) is 4.25. The van der Waals surface area contributed by atoms with Gasteiger partial charge in [0.1, 0.15) is 0 Å². The molecule has 2 rings (SSSR count). The average molecular weight is 308 g/mol. The van der Waals surface area contributed by atoms with E-state index in [2.05, 4.69) is 46.8 Å². The summed E-state index contributed by atoms with van der Waals surface area (Å²) in [6.07, 6.45) is 2.44. The largest absolute Gasteiger partial charge is 0.331 e. The Balaban J connectivity index is 2.40. The first-order valence-electron chi connectivity index (χ1n) is 7.88. The minimum atomic E-state index is 0.0288. The second-order valence-electron chi connectivity index (χ2n) is 7.35. The number of nitrogens with two attached hydrogens (primary N) is 1. The van der Waals surface area contributed by atoms with Crippen LogP contribution in [0.3, 0.4) is 0 Å². The molecular formula is C17H28N2OS. The van der Waals surface area contributed by atoms with E-state index in [1.807, 2.05) is 16.2 Å². The van der Waals surface area contributed by atoms with Gasteiger partial charge in [-0.2, -0.15) is 0 Å². The third kappa shape index (κ3) is 3.49. The summed E-state index contributed by atoms with van der Waals surface area (Å²) in [5.41, 5.74) is 6.58. The molecule has 2 heterocycles. The van der Waals surface area contributed by atoms with Gasteiger partial charge in [0, 0.05) is 28.3 Å². The summed E-state index contributed by atoms with van der Waals surface area (Å²) in [5, 5.41) is 0. The van der Waals surface area contributed by atoms with Gasteiger partial charge < -0.3 is 10.6 Å². The fourth-order valence-electron chi connectivity index (χ4n) is 3.01. The van der Waals surface area contributed by atoms with E-state index < -0.39 is 0 Å². The second kappa shape index (κ2) is 6.09. The number of rotatable bonds is 2. The molecule has 1 aliphatic heterocycles. The van der Waals surface area contributed by atoms with E-state index in [0.717, 1.165) is 12.8 Å².